The van der Waals surface area contributed by atoms with E-state index in [4.69, 9.17) is 0 Å². The number of anilines is 1. The molecule has 0 aliphatic heterocycles. The number of rotatable bonds is 4. The minimum Gasteiger partial charge on any atom is -0.334 e. The summed E-state index contributed by atoms with van der Waals surface area (Å²) >= 11 is 0. The lowest BCUT2D eigenvalue weighted by molar-refractivity contribution is 0.101. The topological polar surface area (TPSA) is 58.2 Å². The lowest BCUT2D eigenvalue weighted by atomic mass is 10.1. The number of hydrogen-bond acceptors (Lipinski definition) is 2. The van der Waals surface area contributed by atoms with Gasteiger partial charge in [0.25, 0.3) is 0 Å². The Bertz CT molecular complexity index is 654. The molecule has 4 nitrogen and oxygen atoms in total. The molecule has 0 unspecified atom stereocenters. The van der Waals surface area contributed by atoms with Crippen molar-refractivity contribution in [3.63, 3.8) is 0 Å². The Morgan fingerprint density at radius 3 is 2.33 bits per heavy atom. The number of carbonyl (C=O) groups excluding carboxylic acids is 2. The highest BCUT2D eigenvalue weighted by Gasteiger charge is 2.05. The van der Waals surface area contributed by atoms with E-state index in [1.807, 2.05) is 0 Å². The zero-order valence-corrected chi connectivity index (χ0v) is 11.5. The molecule has 0 aromatic heterocycles. The van der Waals surface area contributed by atoms with E-state index in [0.717, 1.165) is 0 Å². The third-order valence-corrected chi connectivity index (χ3v) is 2.95. The molecule has 2 aromatic rings. The SMILES string of the molecule is CC(=O)c1ccc(NC(=O)NCc2ccccc2F)cc1. The maximum atomic E-state index is 13.4. The average Bonchev–Trinajstić information content (AvgIpc) is 2.47. The number of urea groups is 1. The summed E-state index contributed by atoms with van der Waals surface area (Å²) in [6, 6.07) is 12.4. The Morgan fingerprint density at radius 2 is 1.71 bits per heavy atom. The number of amides is 2. The molecule has 5 heteroatoms. The maximum absolute atomic E-state index is 13.4. The fraction of sp³-hybridized carbons (Fsp3) is 0.125. The van der Waals surface area contributed by atoms with Crippen LogP contribution in [-0.4, -0.2) is 11.8 Å². The first-order chi connectivity index (χ1) is 10.1. The number of halogens is 1. The summed E-state index contributed by atoms with van der Waals surface area (Å²) in [6.07, 6.45) is 0. The monoisotopic (exact) mass is 286 g/mol. The standard InChI is InChI=1S/C16H15FN2O2/c1-11(20)12-6-8-14(9-7-12)19-16(21)18-10-13-4-2-3-5-15(13)17/h2-9H,10H2,1H3,(H2,18,19,21). The molecule has 0 aliphatic carbocycles. The van der Waals surface area contributed by atoms with Crippen molar-refractivity contribution in [1.82, 2.24) is 5.32 Å². The first-order valence-electron chi connectivity index (χ1n) is 6.45. The van der Waals surface area contributed by atoms with Crippen molar-refractivity contribution in [2.75, 3.05) is 5.32 Å². The lowest BCUT2D eigenvalue weighted by Gasteiger charge is -2.08. The molecule has 2 N–H and O–H groups in total. The van der Waals surface area contributed by atoms with Crippen LogP contribution in [0.25, 0.3) is 0 Å². The van der Waals surface area contributed by atoms with Gasteiger partial charge in [0.1, 0.15) is 5.82 Å². The average molecular weight is 286 g/mol. The Kier molecular flexibility index (Phi) is 4.66. The van der Waals surface area contributed by atoms with E-state index in [1.54, 1.807) is 42.5 Å². The maximum Gasteiger partial charge on any atom is 0.319 e. The summed E-state index contributed by atoms with van der Waals surface area (Å²) in [6.45, 7) is 1.58. The van der Waals surface area contributed by atoms with Crippen molar-refractivity contribution in [2.45, 2.75) is 13.5 Å². The Labute approximate surface area is 122 Å². The molecule has 108 valence electrons. The van der Waals surface area contributed by atoms with Crippen LogP contribution < -0.4 is 10.6 Å². The second-order valence-corrected chi connectivity index (χ2v) is 4.53. The highest BCUT2D eigenvalue weighted by atomic mass is 19.1. The van der Waals surface area contributed by atoms with Crippen LogP contribution in [0.15, 0.2) is 48.5 Å². The molecule has 0 radical (unpaired) electrons. The van der Waals surface area contributed by atoms with Crippen LogP contribution in [0, 0.1) is 5.82 Å². The van der Waals surface area contributed by atoms with E-state index in [1.165, 1.54) is 13.0 Å². The quantitative estimate of drug-likeness (QED) is 0.847. The largest absolute Gasteiger partial charge is 0.334 e. The van der Waals surface area contributed by atoms with Crippen LogP contribution in [0.5, 0.6) is 0 Å². The van der Waals surface area contributed by atoms with Gasteiger partial charge in [-0.05, 0) is 37.3 Å². The van der Waals surface area contributed by atoms with Crippen molar-refractivity contribution >= 4 is 17.5 Å². The van der Waals surface area contributed by atoms with Gasteiger partial charge in [0.05, 0.1) is 0 Å². The van der Waals surface area contributed by atoms with E-state index in [-0.39, 0.29) is 18.1 Å². The van der Waals surface area contributed by atoms with Gasteiger partial charge in [0.2, 0.25) is 0 Å². The van der Waals surface area contributed by atoms with Crippen LogP contribution in [0.2, 0.25) is 0 Å². The van der Waals surface area contributed by atoms with Crippen LogP contribution >= 0.6 is 0 Å². The highest BCUT2D eigenvalue weighted by molar-refractivity contribution is 5.95. The van der Waals surface area contributed by atoms with Gasteiger partial charge < -0.3 is 10.6 Å². The van der Waals surface area contributed by atoms with Gasteiger partial charge in [-0.3, -0.25) is 4.79 Å². The second kappa shape index (κ2) is 6.65. The molecular weight excluding hydrogens is 271 g/mol. The minimum atomic E-state index is -0.436. The Hall–Kier alpha value is -2.69. The molecule has 0 aliphatic rings. The van der Waals surface area contributed by atoms with E-state index in [9.17, 15) is 14.0 Å². The summed E-state index contributed by atoms with van der Waals surface area (Å²) in [5, 5.41) is 5.18. The van der Waals surface area contributed by atoms with Crippen molar-refractivity contribution in [3.05, 3.63) is 65.5 Å². The molecule has 2 aromatic carbocycles. The minimum absolute atomic E-state index is 0.0365. The predicted molar refractivity (Wildman–Crippen MR) is 78.7 cm³/mol. The summed E-state index contributed by atoms with van der Waals surface area (Å²) in [5.74, 6) is -0.394. The third kappa shape index (κ3) is 4.14. The molecule has 21 heavy (non-hydrogen) atoms. The lowest BCUT2D eigenvalue weighted by Crippen LogP contribution is -2.28. The van der Waals surface area contributed by atoms with Crippen LogP contribution in [0.3, 0.4) is 0 Å². The van der Waals surface area contributed by atoms with E-state index < -0.39 is 6.03 Å². The van der Waals surface area contributed by atoms with Crippen LogP contribution in [0.4, 0.5) is 14.9 Å². The van der Waals surface area contributed by atoms with Crippen LogP contribution in [0.1, 0.15) is 22.8 Å². The van der Waals surface area contributed by atoms with Crippen LogP contribution in [-0.2, 0) is 6.54 Å². The molecule has 0 atom stereocenters. The molecule has 0 bridgehead atoms. The van der Waals surface area contributed by atoms with Gasteiger partial charge >= 0.3 is 6.03 Å². The molecular formula is C16H15FN2O2. The van der Waals surface area contributed by atoms with Gasteiger partial charge in [0.15, 0.2) is 5.78 Å². The van der Waals surface area contributed by atoms with E-state index in [2.05, 4.69) is 10.6 Å². The summed E-state index contributed by atoms with van der Waals surface area (Å²) in [5.41, 5.74) is 1.55. The molecule has 0 spiro atoms. The molecule has 2 amide bonds. The molecule has 0 saturated carbocycles. The number of nitrogens with one attached hydrogen (secondary N) is 2. The Morgan fingerprint density at radius 1 is 1.05 bits per heavy atom. The summed E-state index contributed by atoms with van der Waals surface area (Å²) in [7, 11) is 0. The smallest absolute Gasteiger partial charge is 0.319 e. The molecule has 0 saturated heterocycles. The van der Waals surface area contributed by atoms with Gasteiger partial charge in [-0.2, -0.15) is 0 Å². The zero-order chi connectivity index (χ0) is 15.2. The number of hydrogen-bond donors (Lipinski definition) is 2. The fourth-order valence-electron chi connectivity index (χ4n) is 1.78. The Balaban J connectivity index is 1.90. The normalized spacial score (nSPS) is 10.0. The summed E-state index contributed by atoms with van der Waals surface area (Å²) < 4.78 is 13.4. The highest BCUT2D eigenvalue weighted by Crippen LogP contribution is 2.10. The summed E-state index contributed by atoms with van der Waals surface area (Å²) in [4.78, 5) is 22.8. The first-order valence-corrected chi connectivity index (χ1v) is 6.45. The van der Waals surface area contributed by atoms with E-state index in [0.29, 0.717) is 16.8 Å². The fourth-order valence-corrected chi connectivity index (χ4v) is 1.78. The number of carbonyl (C=O) groups is 2. The van der Waals surface area contributed by atoms with Crippen molar-refractivity contribution in [1.29, 1.82) is 0 Å². The van der Waals surface area contributed by atoms with E-state index >= 15 is 0 Å². The predicted octanol–water partition coefficient (Wildman–Crippen LogP) is 3.35. The molecule has 0 fully saturated rings. The number of Topliss-reactive ketones (excluding diaryl/α,β-unsaturated/α-hetero) is 1. The zero-order valence-electron chi connectivity index (χ0n) is 11.5. The molecule has 0 heterocycles. The molecule has 2 rings (SSSR count). The second-order valence-electron chi connectivity index (χ2n) is 4.53. The first kappa shape index (κ1) is 14.7. The van der Waals surface area contributed by atoms with Gasteiger partial charge in [0, 0.05) is 23.4 Å². The van der Waals surface area contributed by atoms with Crippen molar-refractivity contribution in [2.24, 2.45) is 0 Å². The van der Waals surface area contributed by atoms with Crippen molar-refractivity contribution in [3.8, 4) is 0 Å². The number of ketones is 1. The van der Waals surface area contributed by atoms with Gasteiger partial charge in [-0.25, -0.2) is 9.18 Å². The van der Waals surface area contributed by atoms with Gasteiger partial charge in [-0.15, -0.1) is 0 Å². The van der Waals surface area contributed by atoms with Crippen molar-refractivity contribution < 1.29 is 14.0 Å². The van der Waals surface area contributed by atoms with Gasteiger partial charge in [-0.1, -0.05) is 18.2 Å². The number of benzene rings is 2. The third-order valence-electron chi connectivity index (χ3n) is 2.95.